The number of aliphatic hydroxyl groups is 1. The fourth-order valence-electron chi connectivity index (χ4n) is 4.13. The fraction of sp³-hybridized carbons (Fsp3) is 0.444. The van der Waals surface area contributed by atoms with Crippen molar-refractivity contribution in [3.63, 3.8) is 0 Å². The molecule has 0 saturated heterocycles. The quantitative estimate of drug-likeness (QED) is 0.431. The third-order valence-corrected chi connectivity index (χ3v) is 11.2. The van der Waals surface area contributed by atoms with Crippen molar-refractivity contribution in [1.29, 1.82) is 0 Å². The second-order valence-corrected chi connectivity index (χ2v) is 14.4. The molecule has 0 amide bonds. The predicted molar refractivity (Wildman–Crippen MR) is 132 cm³/mol. The Balaban J connectivity index is 2.35. The van der Waals surface area contributed by atoms with Crippen molar-refractivity contribution in [3.05, 3.63) is 73.3 Å². The second-order valence-electron chi connectivity index (χ2n) is 10.1. The molecular formula is C27H38O3Si. The number of rotatable bonds is 10. The highest BCUT2D eigenvalue weighted by Crippen LogP contribution is 2.37. The lowest BCUT2D eigenvalue weighted by Crippen LogP contribution is -2.66. The Labute approximate surface area is 189 Å². The number of carbonyl (C=O) groups is 1. The van der Waals surface area contributed by atoms with Gasteiger partial charge in [0.15, 0.2) is 0 Å². The molecule has 31 heavy (non-hydrogen) atoms. The number of Topliss-reactive ketones (excluding diaryl/α,β-unsaturated/α-hetero) is 1. The molecule has 0 aliphatic carbocycles. The maximum Gasteiger partial charge on any atom is 0.261 e. The minimum Gasteiger partial charge on any atom is -0.407 e. The van der Waals surface area contributed by atoms with Gasteiger partial charge in [-0.3, -0.25) is 4.79 Å². The van der Waals surface area contributed by atoms with Gasteiger partial charge in [0.2, 0.25) is 0 Å². The zero-order valence-corrected chi connectivity index (χ0v) is 20.9. The van der Waals surface area contributed by atoms with Crippen LogP contribution in [-0.2, 0) is 9.22 Å². The molecule has 0 fully saturated rings. The minimum atomic E-state index is -2.61. The minimum absolute atomic E-state index is 0.0263. The Morgan fingerprint density at radius 1 is 1.00 bits per heavy atom. The maximum absolute atomic E-state index is 12.9. The Bertz CT molecular complexity index is 814. The summed E-state index contributed by atoms with van der Waals surface area (Å²) < 4.78 is 6.93. The molecule has 2 rings (SSSR count). The summed E-state index contributed by atoms with van der Waals surface area (Å²) >= 11 is 0. The highest BCUT2D eigenvalue weighted by molar-refractivity contribution is 6.99. The number of ketones is 1. The molecule has 0 aromatic heterocycles. The van der Waals surface area contributed by atoms with Crippen molar-refractivity contribution < 1.29 is 14.3 Å². The van der Waals surface area contributed by atoms with Gasteiger partial charge in [-0.15, -0.1) is 6.58 Å². The average Bonchev–Trinajstić information content (AvgIpc) is 2.74. The van der Waals surface area contributed by atoms with Gasteiger partial charge in [-0.25, -0.2) is 0 Å². The van der Waals surface area contributed by atoms with E-state index in [4.69, 9.17) is 4.43 Å². The molecule has 0 bridgehead atoms. The Hall–Kier alpha value is -2.01. The topological polar surface area (TPSA) is 46.5 Å². The van der Waals surface area contributed by atoms with E-state index in [1.54, 1.807) is 13.8 Å². The largest absolute Gasteiger partial charge is 0.407 e. The first-order valence-electron chi connectivity index (χ1n) is 11.1. The summed E-state index contributed by atoms with van der Waals surface area (Å²) in [7, 11) is -2.61. The molecule has 1 N–H and O–H groups in total. The highest BCUT2D eigenvalue weighted by Gasteiger charge is 2.50. The van der Waals surface area contributed by atoms with Crippen LogP contribution in [0.15, 0.2) is 73.3 Å². The van der Waals surface area contributed by atoms with Crippen LogP contribution in [0, 0.1) is 11.3 Å². The lowest BCUT2D eigenvalue weighted by atomic mass is 9.79. The van der Waals surface area contributed by atoms with Gasteiger partial charge in [0.05, 0.1) is 11.5 Å². The van der Waals surface area contributed by atoms with E-state index >= 15 is 0 Å². The SMILES string of the molecule is C=C[C@H](O)C(C)(C)C(=O)C[C@H](C)CO[Si](c1ccccc1)(c1ccccc1)C(C)(C)C. The van der Waals surface area contributed by atoms with Gasteiger partial charge in [-0.1, -0.05) is 108 Å². The molecule has 0 aliphatic rings. The zero-order chi connectivity index (χ0) is 23.3. The highest BCUT2D eigenvalue weighted by atomic mass is 28.4. The van der Waals surface area contributed by atoms with E-state index in [0.29, 0.717) is 13.0 Å². The number of hydrogen-bond acceptors (Lipinski definition) is 3. The number of carbonyl (C=O) groups excluding carboxylic acids is 1. The van der Waals surface area contributed by atoms with Crippen LogP contribution in [0.3, 0.4) is 0 Å². The summed E-state index contributed by atoms with van der Waals surface area (Å²) in [5.74, 6) is 0.0592. The first-order valence-corrected chi connectivity index (χ1v) is 13.0. The molecule has 2 atom stereocenters. The van der Waals surface area contributed by atoms with Crippen LogP contribution in [0.1, 0.15) is 48.0 Å². The first-order chi connectivity index (χ1) is 14.5. The van der Waals surface area contributed by atoms with Gasteiger partial charge in [0.1, 0.15) is 5.78 Å². The van der Waals surface area contributed by atoms with Gasteiger partial charge in [0, 0.05) is 13.0 Å². The normalized spacial score (nSPS) is 14.7. The van der Waals surface area contributed by atoms with Crippen molar-refractivity contribution >= 4 is 24.5 Å². The van der Waals surface area contributed by atoms with Gasteiger partial charge in [-0.05, 0) is 21.3 Å². The summed E-state index contributed by atoms with van der Waals surface area (Å²) in [6.45, 7) is 16.5. The van der Waals surface area contributed by atoms with E-state index in [9.17, 15) is 9.90 Å². The fourth-order valence-corrected chi connectivity index (χ4v) is 8.82. The van der Waals surface area contributed by atoms with Crippen LogP contribution in [-0.4, -0.2) is 31.9 Å². The summed E-state index contributed by atoms with van der Waals surface area (Å²) in [6, 6.07) is 21.0. The molecule has 2 aromatic rings. The molecule has 0 aliphatic heterocycles. The van der Waals surface area contributed by atoms with Gasteiger partial charge >= 0.3 is 0 Å². The first kappa shape index (κ1) is 25.2. The number of benzene rings is 2. The molecule has 0 heterocycles. The van der Waals surface area contributed by atoms with Crippen molar-refractivity contribution in [2.24, 2.45) is 11.3 Å². The standard InChI is InChI=1S/C27H38O3Si/c1-8-24(28)27(6,7)25(29)19-21(2)20-30-31(26(3,4)5,22-15-11-9-12-16-22)23-17-13-10-14-18-23/h8-18,21,24,28H,1,19-20H2,2-7H3/t21-,24-/m0/s1. The summed E-state index contributed by atoms with van der Waals surface area (Å²) in [4.78, 5) is 12.9. The zero-order valence-electron chi connectivity index (χ0n) is 19.9. The monoisotopic (exact) mass is 438 g/mol. The van der Waals surface area contributed by atoms with Crippen LogP contribution in [0.5, 0.6) is 0 Å². The van der Waals surface area contributed by atoms with E-state index in [2.05, 4.69) is 75.9 Å². The Morgan fingerprint density at radius 3 is 1.84 bits per heavy atom. The molecule has 168 valence electrons. The van der Waals surface area contributed by atoms with Gasteiger partial charge in [0.25, 0.3) is 8.32 Å². The van der Waals surface area contributed by atoms with Gasteiger partial charge in [-0.2, -0.15) is 0 Å². The van der Waals surface area contributed by atoms with E-state index in [0.717, 1.165) is 0 Å². The van der Waals surface area contributed by atoms with Gasteiger partial charge < -0.3 is 9.53 Å². The summed E-state index contributed by atoms with van der Waals surface area (Å²) in [5, 5.41) is 12.5. The molecule has 0 saturated carbocycles. The number of hydrogen-bond donors (Lipinski definition) is 1. The van der Waals surface area contributed by atoms with E-state index < -0.39 is 19.8 Å². The van der Waals surface area contributed by atoms with Crippen molar-refractivity contribution in [1.82, 2.24) is 0 Å². The third kappa shape index (κ3) is 5.43. The van der Waals surface area contributed by atoms with E-state index in [1.165, 1.54) is 16.4 Å². The van der Waals surface area contributed by atoms with Crippen LogP contribution < -0.4 is 10.4 Å². The second kappa shape index (κ2) is 10.1. The van der Waals surface area contributed by atoms with Crippen molar-refractivity contribution in [2.45, 2.75) is 59.1 Å². The third-order valence-electron chi connectivity index (χ3n) is 6.22. The van der Waals surface area contributed by atoms with Crippen LogP contribution in [0.2, 0.25) is 5.04 Å². The van der Waals surface area contributed by atoms with Crippen LogP contribution in [0.4, 0.5) is 0 Å². The van der Waals surface area contributed by atoms with Crippen LogP contribution >= 0.6 is 0 Å². The molecule has 3 nitrogen and oxygen atoms in total. The molecular weight excluding hydrogens is 400 g/mol. The Kier molecular flexibility index (Phi) is 8.20. The number of aliphatic hydroxyl groups excluding tert-OH is 1. The van der Waals surface area contributed by atoms with Crippen molar-refractivity contribution in [3.8, 4) is 0 Å². The molecule has 0 spiro atoms. The molecule has 0 unspecified atom stereocenters. The summed E-state index contributed by atoms with van der Waals surface area (Å²) in [5.41, 5.74) is -0.854. The lowest BCUT2D eigenvalue weighted by Gasteiger charge is -2.43. The molecule has 4 heteroatoms. The lowest BCUT2D eigenvalue weighted by molar-refractivity contribution is -0.132. The molecule has 0 radical (unpaired) electrons. The maximum atomic E-state index is 12.9. The van der Waals surface area contributed by atoms with E-state index in [-0.39, 0.29) is 16.7 Å². The van der Waals surface area contributed by atoms with E-state index in [1.807, 2.05) is 19.1 Å². The molecule has 2 aromatic carbocycles. The average molecular weight is 439 g/mol. The smallest absolute Gasteiger partial charge is 0.261 e. The predicted octanol–water partition coefficient (Wildman–Crippen LogP) is 4.73. The van der Waals surface area contributed by atoms with Crippen LogP contribution in [0.25, 0.3) is 0 Å². The Morgan fingerprint density at radius 2 is 1.45 bits per heavy atom. The summed E-state index contributed by atoms with van der Waals surface area (Å²) in [6.07, 6.45) is 0.933. The van der Waals surface area contributed by atoms with Crippen molar-refractivity contribution in [2.75, 3.05) is 6.61 Å².